The van der Waals surface area contributed by atoms with Crippen molar-refractivity contribution in [1.29, 1.82) is 0 Å². The van der Waals surface area contributed by atoms with Crippen LogP contribution in [0.25, 0.3) is 11.8 Å². The quantitative estimate of drug-likeness (QED) is 0.211. The van der Waals surface area contributed by atoms with Gasteiger partial charge >= 0.3 is 5.97 Å². The maximum atomic E-state index is 14.4. The lowest BCUT2D eigenvalue weighted by Gasteiger charge is -2.63. The molecular weight excluding hydrogens is 520 g/mol. The zero-order chi connectivity index (χ0) is 30.3. The molecule has 0 amide bonds. The van der Waals surface area contributed by atoms with E-state index >= 15 is 0 Å². The van der Waals surface area contributed by atoms with Crippen molar-refractivity contribution < 1.29 is 49.4 Å². The van der Waals surface area contributed by atoms with Crippen LogP contribution in [0.1, 0.15) is 64.2 Å². The van der Waals surface area contributed by atoms with Crippen LogP contribution in [0.5, 0.6) is 5.75 Å². The number of aliphatic hydroxyl groups is 4. The molecule has 0 aliphatic heterocycles. The summed E-state index contributed by atoms with van der Waals surface area (Å²) >= 11 is 0. The van der Waals surface area contributed by atoms with Crippen LogP contribution in [-0.4, -0.2) is 67.7 Å². The second-order valence-corrected chi connectivity index (χ2v) is 11.6. The highest BCUT2D eigenvalue weighted by Gasteiger charge is 2.77. The molecule has 40 heavy (non-hydrogen) atoms. The Labute approximate surface area is 231 Å². The Morgan fingerprint density at radius 3 is 2.23 bits per heavy atom. The maximum absolute atomic E-state index is 14.4. The van der Waals surface area contributed by atoms with Crippen LogP contribution in [0.3, 0.4) is 0 Å². The molecule has 6 atom stereocenters. The molecule has 1 unspecified atom stereocenters. The van der Waals surface area contributed by atoms with Gasteiger partial charge in [-0.1, -0.05) is 46.8 Å². The summed E-state index contributed by atoms with van der Waals surface area (Å²) in [5.41, 5.74) is -7.42. The fourth-order valence-electron chi connectivity index (χ4n) is 7.30. The third-order valence-corrected chi connectivity index (χ3v) is 9.46. The number of aliphatic hydroxyl groups excluding tert-OH is 3. The molecule has 10 nitrogen and oxygen atoms in total. The number of hydrogen-bond donors (Lipinski definition) is 5. The van der Waals surface area contributed by atoms with Gasteiger partial charge in [-0.2, -0.15) is 0 Å². The minimum Gasteiger partial charge on any atom is -0.508 e. The predicted octanol–water partition coefficient (Wildman–Crippen LogP) is 2.91. The SMILES string of the molecule is COC(=O)/C=C/c1ccc2c(c1O)C(O)=C1C(=O)[C@@]3(O)C(O)=C(C(C)=O)C(=O)C(C(C)C)[C@@]3(C)[C@H](O)[C@@]1(C)[C@@H]2C. The molecule has 0 radical (unpaired) electrons. The summed E-state index contributed by atoms with van der Waals surface area (Å²) in [5, 5.41) is 58.2. The Bertz CT molecular complexity index is 1460. The average molecular weight is 555 g/mol. The monoisotopic (exact) mass is 554 g/mol. The van der Waals surface area contributed by atoms with Crippen LogP contribution < -0.4 is 0 Å². The highest BCUT2D eigenvalue weighted by atomic mass is 16.5. The molecule has 4 rings (SSSR count). The van der Waals surface area contributed by atoms with Gasteiger partial charge in [0, 0.05) is 28.4 Å². The van der Waals surface area contributed by atoms with E-state index in [2.05, 4.69) is 4.74 Å². The van der Waals surface area contributed by atoms with E-state index < -0.39 is 92.0 Å². The molecule has 1 aromatic rings. The minimum atomic E-state index is -2.95. The highest BCUT2D eigenvalue weighted by Crippen LogP contribution is 2.67. The largest absolute Gasteiger partial charge is 0.508 e. The van der Waals surface area contributed by atoms with E-state index in [0.717, 1.165) is 13.0 Å². The number of fused-ring (bicyclic) bond motifs is 3. The molecule has 5 N–H and O–H groups in total. The number of aromatic hydroxyl groups is 1. The number of benzene rings is 1. The van der Waals surface area contributed by atoms with E-state index in [4.69, 9.17) is 0 Å². The number of carbonyl (C=O) groups excluding carboxylic acids is 4. The Balaban J connectivity index is 2.10. The Morgan fingerprint density at radius 2 is 1.70 bits per heavy atom. The summed E-state index contributed by atoms with van der Waals surface area (Å²) in [5.74, 6) is -8.50. The number of phenols is 1. The molecule has 1 aromatic carbocycles. The van der Waals surface area contributed by atoms with Crippen molar-refractivity contribution in [3.8, 4) is 5.75 Å². The molecule has 0 bridgehead atoms. The summed E-state index contributed by atoms with van der Waals surface area (Å²) in [6, 6.07) is 3.07. The van der Waals surface area contributed by atoms with Gasteiger partial charge in [0.2, 0.25) is 5.78 Å². The van der Waals surface area contributed by atoms with E-state index in [9.17, 15) is 44.7 Å². The van der Waals surface area contributed by atoms with Gasteiger partial charge in [-0.3, -0.25) is 14.4 Å². The fourth-order valence-corrected chi connectivity index (χ4v) is 7.30. The van der Waals surface area contributed by atoms with E-state index in [1.165, 1.54) is 33.1 Å². The van der Waals surface area contributed by atoms with Crippen molar-refractivity contribution in [3.05, 3.63) is 51.8 Å². The number of Topliss-reactive ketones (excluding diaryl/α,β-unsaturated/α-hetero) is 3. The molecule has 3 aliphatic carbocycles. The first-order valence-electron chi connectivity index (χ1n) is 13.0. The van der Waals surface area contributed by atoms with Gasteiger partial charge in [-0.15, -0.1) is 0 Å². The highest BCUT2D eigenvalue weighted by molar-refractivity contribution is 6.24. The molecular formula is C30H34O10. The van der Waals surface area contributed by atoms with Crippen LogP contribution >= 0.6 is 0 Å². The van der Waals surface area contributed by atoms with E-state index in [1.54, 1.807) is 26.8 Å². The summed E-state index contributed by atoms with van der Waals surface area (Å²) in [4.78, 5) is 52.0. The summed E-state index contributed by atoms with van der Waals surface area (Å²) in [6.45, 7) is 8.85. The van der Waals surface area contributed by atoms with Gasteiger partial charge in [-0.05, 0) is 30.4 Å². The Kier molecular flexibility index (Phi) is 6.68. The number of rotatable bonds is 4. The van der Waals surface area contributed by atoms with Crippen molar-refractivity contribution in [2.45, 2.75) is 59.2 Å². The van der Waals surface area contributed by atoms with E-state index in [0.29, 0.717) is 5.56 Å². The zero-order valence-corrected chi connectivity index (χ0v) is 23.4. The average Bonchev–Trinajstić information content (AvgIpc) is 2.87. The molecule has 0 spiro atoms. The van der Waals surface area contributed by atoms with Crippen LogP contribution in [-0.2, 0) is 23.9 Å². The zero-order valence-electron chi connectivity index (χ0n) is 23.4. The molecule has 214 valence electrons. The lowest BCUT2D eigenvalue weighted by Crippen LogP contribution is -2.75. The normalized spacial score (nSPS) is 33.7. The van der Waals surface area contributed by atoms with Gasteiger partial charge in [0.25, 0.3) is 0 Å². The first kappa shape index (κ1) is 29.2. The third kappa shape index (κ3) is 3.29. The standard InChI is InChI=1S/C30H34O10/c1-12(2)20-23(34)18(14(4)31)25(36)30(39)26(37)21-24(35)19-16(13(3)28(21,5)27(38)29(20,30)6)10-8-15(22(19)33)9-11-17(32)40-7/h8-13,20,27,33,35-36,38-39H,1-7H3/b11-9+/t13-,20?,27-,28+,29+,30+/m1/s1. The number of hydrogen-bond acceptors (Lipinski definition) is 10. The van der Waals surface area contributed by atoms with Gasteiger partial charge in [0.05, 0.1) is 24.4 Å². The molecule has 0 heterocycles. The van der Waals surface area contributed by atoms with Gasteiger partial charge in [0.1, 0.15) is 22.8 Å². The van der Waals surface area contributed by atoms with Crippen LogP contribution in [0.15, 0.2) is 35.1 Å². The van der Waals surface area contributed by atoms with Crippen LogP contribution in [0.4, 0.5) is 0 Å². The molecule has 0 aromatic heterocycles. The number of carbonyl (C=O) groups is 4. The first-order valence-corrected chi connectivity index (χ1v) is 13.0. The second kappa shape index (κ2) is 9.14. The summed E-state index contributed by atoms with van der Waals surface area (Å²) < 4.78 is 4.57. The van der Waals surface area contributed by atoms with E-state index in [-0.39, 0.29) is 11.1 Å². The number of ether oxygens (including phenoxy) is 1. The Hall–Kier alpha value is -3.76. The van der Waals surface area contributed by atoms with Crippen molar-refractivity contribution >= 4 is 35.2 Å². The molecule has 1 saturated carbocycles. The maximum Gasteiger partial charge on any atom is 0.330 e. The third-order valence-electron chi connectivity index (χ3n) is 9.46. The smallest absolute Gasteiger partial charge is 0.330 e. The van der Waals surface area contributed by atoms with Crippen molar-refractivity contribution in [2.24, 2.45) is 22.7 Å². The van der Waals surface area contributed by atoms with Gasteiger partial charge < -0.3 is 30.3 Å². The van der Waals surface area contributed by atoms with Crippen molar-refractivity contribution in [3.63, 3.8) is 0 Å². The summed E-state index contributed by atoms with van der Waals surface area (Å²) in [6.07, 6.45) is 0.618. The van der Waals surface area contributed by atoms with Crippen LogP contribution in [0.2, 0.25) is 0 Å². The molecule has 10 heteroatoms. The number of methoxy groups -OCH3 is 1. The molecule has 1 fully saturated rings. The lowest BCUT2D eigenvalue weighted by atomic mass is 9.40. The van der Waals surface area contributed by atoms with Crippen LogP contribution in [0, 0.1) is 22.7 Å². The topological polar surface area (TPSA) is 179 Å². The van der Waals surface area contributed by atoms with Crippen molar-refractivity contribution in [2.75, 3.05) is 7.11 Å². The van der Waals surface area contributed by atoms with E-state index in [1.807, 2.05) is 0 Å². The Morgan fingerprint density at radius 1 is 1.10 bits per heavy atom. The predicted molar refractivity (Wildman–Crippen MR) is 143 cm³/mol. The molecule has 0 saturated heterocycles. The molecule has 3 aliphatic rings. The van der Waals surface area contributed by atoms with Crippen molar-refractivity contribution in [1.82, 2.24) is 0 Å². The second-order valence-electron chi connectivity index (χ2n) is 11.6. The first-order chi connectivity index (χ1) is 18.4. The van der Waals surface area contributed by atoms with Gasteiger partial charge in [0.15, 0.2) is 17.2 Å². The minimum absolute atomic E-state index is 0.115. The fraction of sp³-hybridized carbons (Fsp3) is 0.467. The number of phenolic OH excluding ortho intramolecular Hbond substituents is 1. The lowest BCUT2D eigenvalue weighted by molar-refractivity contribution is -0.215. The number of ketones is 3. The van der Waals surface area contributed by atoms with Gasteiger partial charge in [-0.25, -0.2) is 4.79 Å². The summed E-state index contributed by atoms with van der Waals surface area (Å²) in [7, 11) is 1.18. The number of allylic oxidation sites excluding steroid dienone is 1. The number of esters is 1.